The minimum atomic E-state index is -3.86. The van der Waals surface area contributed by atoms with Crippen LogP contribution in [-0.4, -0.2) is 50.8 Å². The van der Waals surface area contributed by atoms with E-state index in [0.717, 1.165) is 11.3 Å². The molecule has 154 valence electrons. The smallest absolute Gasteiger partial charge is 0.408 e. The van der Waals surface area contributed by atoms with E-state index in [4.69, 9.17) is 19.3 Å². The second-order valence-corrected chi connectivity index (χ2v) is 9.34. The predicted molar refractivity (Wildman–Crippen MR) is 102 cm³/mol. The van der Waals surface area contributed by atoms with E-state index in [0.29, 0.717) is 16.0 Å². The third-order valence-corrected chi connectivity index (χ3v) is 5.31. The maximum atomic E-state index is 11.6. The van der Waals surface area contributed by atoms with Gasteiger partial charge in [-0.3, -0.25) is 4.79 Å². The Balaban J connectivity index is 1.76. The monoisotopic (exact) mass is 431 g/mol. The summed E-state index contributed by atoms with van der Waals surface area (Å²) in [6.45, 7) is 4.85. The number of thiazole rings is 1. The van der Waals surface area contributed by atoms with E-state index in [9.17, 15) is 18.0 Å². The van der Waals surface area contributed by atoms with E-state index < -0.39 is 27.7 Å². The van der Waals surface area contributed by atoms with Gasteiger partial charge >= 0.3 is 12.1 Å². The van der Waals surface area contributed by atoms with Crippen molar-refractivity contribution in [2.24, 2.45) is 5.14 Å². The zero-order chi connectivity index (χ0) is 20.9. The Kier molecular flexibility index (Phi) is 6.80. The molecule has 0 aliphatic heterocycles. The highest BCUT2D eigenvalue weighted by Gasteiger charge is 2.17. The zero-order valence-electron chi connectivity index (χ0n) is 15.6. The fourth-order valence-corrected chi connectivity index (χ4v) is 3.60. The number of alkyl carbamates (subject to hydrolysis) is 1. The third-order valence-electron chi connectivity index (χ3n) is 2.97. The van der Waals surface area contributed by atoms with Crippen LogP contribution in [0.3, 0.4) is 0 Å². The van der Waals surface area contributed by atoms with Gasteiger partial charge in [0.15, 0.2) is 0 Å². The number of hydrogen-bond acceptors (Lipinski definition) is 9. The maximum Gasteiger partial charge on any atom is 0.408 e. The Morgan fingerprint density at radius 3 is 2.61 bits per heavy atom. The van der Waals surface area contributed by atoms with Crippen molar-refractivity contribution >= 4 is 43.6 Å². The average molecular weight is 431 g/mol. The topological polar surface area (TPSA) is 147 Å². The number of carbonyl (C=O) groups excluding carboxylic acids is 2. The van der Waals surface area contributed by atoms with Crippen LogP contribution in [0.5, 0.6) is 5.75 Å². The molecule has 0 radical (unpaired) electrons. The molecular formula is C16H21N3O7S2. The van der Waals surface area contributed by atoms with Crippen molar-refractivity contribution < 1.29 is 32.2 Å². The largest absolute Gasteiger partial charge is 0.490 e. The lowest BCUT2D eigenvalue weighted by Gasteiger charge is -2.19. The highest BCUT2D eigenvalue weighted by atomic mass is 32.2. The third kappa shape index (κ3) is 6.94. The van der Waals surface area contributed by atoms with Crippen molar-refractivity contribution in [3.63, 3.8) is 0 Å². The molecule has 28 heavy (non-hydrogen) atoms. The first kappa shape index (κ1) is 21.9. The van der Waals surface area contributed by atoms with Gasteiger partial charge in [0.05, 0.1) is 10.2 Å². The summed E-state index contributed by atoms with van der Waals surface area (Å²) in [5, 5.41) is 7.36. The van der Waals surface area contributed by atoms with E-state index >= 15 is 0 Å². The standard InChI is InChI=1S/C16H21N3O7S2/c1-16(2,3)26-14(21)18-9-13(20)25-7-6-24-10-4-5-11-12(8-10)27-15(19-11)28(17,22)23/h4-5,8H,6-7,9H2,1-3H3,(H,18,21)(H2,17,22,23). The Morgan fingerprint density at radius 2 is 1.96 bits per heavy atom. The lowest BCUT2D eigenvalue weighted by atomic mass is 10.2. The highest BCUT2D eigenvalue weighted by Crippen LogP contribution is 2.28. The van der Waals surface area contributed by atoms with Crippen LogP contribution < -0.4 is 15.2 Å². The van der Waals surface area contributed by atoms with Crippen LogP contribution in [0.1, 0.15) is 20.8 Å². The summed E-state index contributed by atoms with van der Waals surface area (Å²) in [7, 11) is -3.86. The SMILES string of the molecule is CC(C)(C)OC(=O)NCC(=O)OCCOc1ccc2nc(S(N)(=O)=O)sc2c1. The van der Waals surface area contributed by atoms with Crippen LogP contribution in [0.15, 0.2) is 22.5 Å². The molecule has 0 aliphatic rings. The number of aromatic nitrogens is 1. The van der Waals surface area contributed by atoms with Gasteiger partial charge in [0.1, 0.15) is 31.1 Å². The van der Waals surface area contributed by atoms with Gasteiger partial charge < -0.3 is 19.5 Å². The second-order valence-electron chi connectivity index (χ2n) is 6.58. The fourth-order valence-electron chi connectivity index (χ4n) is 1.92. The molecule has 1 aromatic carbocycles. The molecule has 0 bridgehead atoms. The Morgan fingerprint density at radius 1 is 1.25 bits per heavy atom. The van der Waals surface area contributed by atoms with E-state index in [1.807, 2.05) is 0 Å². The van der Waals surface area contributed by atoms with E-state index in [1.54, 1.807) is 39.0 Å². The molecule has 2 rings (SSSR count). The van der Waals surface area contributed by atoms with Crippen molar-refractivity contribution in [3.8, 4) is 5.75 Å². The quantitative estimate of drug-likeness (QED) is 0.494. The molecule has 1 heterocycles. The number of amides is 1. The van der Waals surface area contributed by atoms with Crippen molar-refractivity contribution in [3.05, 3.63) is 18.2 Å². The molecule has 2 aromatic rings. The first-order valence-electron chi connectivity index (χ1n) is 8.13. The lowest BCUT2D eigenvalue weighted by Crippen LogP contribution is -2.36. The summed E-state index contributed by atoms with van der Waals surface area (Å²) in [5.41, 5.74) is -0.170. The number of ether oxygens (including phenoxy) is 3. The number of rotatable bonds is 7. The van der Waals surface area contributed by atoms with Crippen LogP contribution in [0.25, 0.3) is 10.2 Å². The lowest BCUT2D eigenvalue weighted by molar-refractivity contribution is -0.143. The number of fused-ring (bicyclic) bond motifs is 1. The van der Waals surface area contributed by atoms with Gasteiger partial charge in [-0.05, 0) is 39.0 Å². The number of primary sulfonamides is 1. The van der Waals surface area contributed by atoms with Crippen LogP contribution in [-0.2, 0) is 24.3 Å². The number of carbonyl (C=O) groups is 2. The van der Waals surface area contributed by atoms with Crippen molar-refractivity contribution in [2.75, 3.05) is 19.8 Å². The summed E-state index contributed by atoms with van der Waals surface area (Å²) >= 11 is 0.934. The molecule has 1 aromatic heterocycles. The summed E-state index contributed by atoms with van der Waals surface area (Å²) in [6, 6.07) is 4.83. The van der Waals surface area contributed by atoms with Gasteiger partial charge in [-0.2, -0.15) is 0 Å². The molecule has 0 saturated carbocycles. The van der Waals surface area contributed by atoms with Crippen LogP contribution >= 0.6 is 11.3 Å². The minimum Gasteiger partial charge on any atom is -0.490 e. The van der Waals surface area contributed by atoms with Gasteiger partial charge in [0.2, 0.25) is 4.34 Å². The van der Waals surface area contributed by atoms with Gasteiger partial charge in [0, 0.05) is 0 Å². The average Bonchev–Trinajstić information content (AvgIpc) is 2.99. The molecule has 0 aliphatic carbocycles. The molecule has 0 fully saturated rings. The Hall–Kier alpha value is -2.44. The molecule has 0 spiro atoms. The highest BCUT2D eigenvalue weighted by molar-refractivity contribution is 7.91. The van der Waals surface area contributed by atoms with Crippen LogP contribution in [0, 0.1) is 0 Å². The number of benzene rings is 1. The summed E-state index contributed by atoms with van der Waals surface area (Å²) < 4.78 is 38.5. The molecule has 0 unspecified atom stereocenters. The number of hydrogen-bond donors (Lipinski definition) is 2. The number of sulfonamides is 1. The van der Waals surface area contributed by atoms with Crippen LogP contribution in [0.4, 0.5) is 4.79 Å². The Labute approximate surface area is 166 Å². The van der Waals surface area contributed by atoms with Gasteiger partial charge in [-0.25, -0.2) is 23.3 Å². The summed E-state index contributed by atoms with van der Waals surface area (Å²) in [6.07, 6.45) is -0.711. The molecule has 3 N–H and O–H groups in total. The molecular weight excluding hydrogens is 410 g/mol. The van der Waals surface area contributed by atoms with Gasteiger partial charge in [-0.15, -0.1) is 11.3 Å². The molecule has 1 amide bonds. The van der Waals surface area contributed by atoms with Crippen LogP contribution in [0.2, 0.25) is 0 Å². The summed E-state index contributed by atoms with van der Waals surface area (Å²) in [4.78, 5) is 26.9. The number of nitrogens with one attached hydrogen (secondary N) is 1. The number of nitrogens with zero attached hydrogens (tertiary/aromatic N) is 1. The first-order valence-corrected chi connectivity index (χ1v) is 10.5. The molecule has 0 saturated heterocycles. The molecule has 10 nitrogen and oxygen atoms in total. The van der Waals surface area contributed by atoms with E-state index in [2.05, 4.69) is 10.3 Å². The first-order chi connectivity index (χ1) is 12.9. The van der Waals surface area contributed by atoms with Gasteiger partial charge in [0.25, 0.3) is 10.0 Å². The Bertz CT molecular complexity index is 964. The van der Waals surface area contributed by atoms with E-state index in [-0.39, 0.29) is 24.1 Å². The molecule has 0 atom stereocenters. The van der Waals surface area contributed by atoms with Gasteiger partial charge in [-0.1, -0.05) is 0 Å². The van der Waals surface area contributed by atoms with Crippen molar-refractivity contribution in [1.82, 2.24) is 10.3 Å². The minimum absolute atomic E-state index is 0.0298. The van der Waals surface area contributed by atoms with Crippen molar-refractivity contribution in [1.29, 1.82) is 0 Å². The predicted octanol–water partition coefficient (Wildman–Crippen LogP) is 1.39. The van der Waals surface area contributed by atoms with Crippen molar-refractivity contribution in [2.45, 2.75) is 30.7 Å². The maximum absolute atomic E-state index is 11.6. The second kappa shape index (κ2) is 8.71. The normalized spacial score (nSPS) is 11.9. The number of esters is 1. The zero-order valence-corrected chi connectivity index (χ0v) is 17.2. The fraction of sp³-hybridized carbons (Fsp3) is 0.438. The molecule has 12 heteroatoms. The summed E-state index contributed by atoms with van der Waals surface area (Å²) in [5.74, 6) is -0.176. The van der Waals surface area contributed by atoms with E-state index in [1.165, 1.54) is 0 Å². The number of nitrogens with two attached hydrogens (primary N) is 1.